The SMILES string of the molecule is N#Cc1ccc(N(Cc2ccc(C(F)(F)F)cc2)n2cc[nH]c2=S)cc1. The highest BCUT2D eigenvalue weighted by Crippen LogP contribution is 2.29. The normalized spacial score (nSPS) is 11.2. The number of nitrogens with zero attached hydrogens (tertiary/aromatic N) is 3. The van der Waals surface area contributed by atoms with Crippen LogP contribution in [0, 0.1) is 16.1 Å². The lowest BCUT2D eigenvalue weighted by atomic mass is 10.1. The van der Waals surface area contributed by atoms with Crippen LogP contribution in [0.1, 0.15) is 16.7 Å². The number of rotatable bonds is 4. The molecule has 2 aromatic carbocycles. The third kappa shape index (κ3) is 3.78. The van der Waals surface area contributed by atoms with Crippen LogP contribution in [0.2, 0.25) is 0 Å². The number of halogens is 3. The molecule has 0 aliphatic carbocycles. The minimum Gasteiger partial charge on any atom is -0.336 e. The Kier molecular flexibility index (Phi) is 4.82. The second-order valence-electron chi connectivity index (χ2n) is 5.52. The van der Waals surface area contributed by atoms with Gasteiger partial charge in [0.1, 0.15) is 0 Å². The number of anilines is 1. The summed E-state index contributed by atoms with van der Waals surface area (Å²) in [7, 11) is 0. The van der Waals surface area contributed by atoms with Crippen LogP contribution in [0.3, 0.4) is 0 Å². The van der Waals surface area contributed by atoms with E-state index in [0.29, 0.717) is 22.4 Å². The Morgan fingerprint density at radius 2 is 1.73 bits per heavy atom. The largest absolute Gasteiger partial charge is 0.416 e. The summed E-state index contributed by atoms with van der Waals surface area (Å²) in [6.07, 6.45) is -0.967. The summed E-state index contributed by atoms with van der Waals surface area (Å²) in [5.41, 5.74) is 1.26. The first-order valence-electron chi connectivity index (χ1n) is 7.58. The van der Waals surface area contributed by atoms with Gasteiger partial charge in [0.2, 0.25) is 0 Å². The summed E-state index contributed by atoms with van der Waals surface area (Å²) in [4.78, 5) is 2.89. The molecule has 1 N–H and O–H groups in total. The van der Waals surface area contributed by atoms with Crippen molar-refractivity contribution in [3.05, 3.63) is 82.4 Å². The van der Waals surface area contributed by atoms with E-state index in [1.807, 2.05) is 5.01 Å². The van der Waals surface area contributed by atoms with Gasteiger partial charge in [0.15, 0.2) is 4.77 Å². The van der Waals surface area contributed by atoms with Gasteiger partial charge < -0.3 is 4.98 Å². The molecule has 0 aliphatic heterocycles. The lowest BCUT2D eigenvalue weighted by Crippen LogP contribution is -2.28. The molecule has 3 rings (SSSR count). The molecule has 0 radical (unpaired) electrons. The molecule has 0 saturated heterocycles. The van der Waals surface area contributed by atoms with Crippen molar-refractivity contribution in [1.29, 1.82) is 5.26 Å². The van der Waals surface area contributed by atoms with Crippen molar-refractivity contribution in [3.63, 3.8) is 0 Å². The molecule has 26 heavy (non-hydrogen) atoms. The molecule has 0 saturated carbocycles. The molecule has 0 fully saturated rings. The fraction of sp³-hybridized carbons (Fsp3) is 0.111. The maximum Gasteiger partial charge on any atom is 0.416 e. The molecule has 0 spiro atoms. The second-order valence-corrected chi connectivity index (χ2v) is 5.91. The summed E-state index contributed by atoms with van der Waals surface area (Å²) in [6.45, 7) is 0.302. The standard InChI is InChI=1S/C18H13F3N4S/c19-18(20,21)15-5-1-14(2-6-15)12-25(24-10-9-23-17(24)26)16-7-3-13(11-22)4-8-16/h1-10H,12H2,(H,23,26). The molecule has 0 unspecified atom stereocenters. The van der Waals surface area contributed by atoms with Gasteiger partial charge in [-0.15, -0.1) is 0 Å². The average Bonchev–Trinajstić information content (AvgIpc) is 3.05. The fourth-order valence-electron chi connectivity index (χ4n) is 2.48. The van der Waals surface area contributed by atoms with Crippen LogP contribution in [0.4, 0.5) is 18.9 Å². The van der Waals surface area contributed by atoms with Gasteiger partial charge in [-0.05, 0) is 54.2 Å². The summed E-state index contributed by atoms with van der Waals surface area (Å²) in [5.74, 6) is 0. The number of hydrogen-bond donors (Lipinski definition) is 1. The van der Waals surface area contributed by atoms with E-state index in [4.69, 9.17) is 17.5 Å². The topological polar surface area (TPSA) is 47.8 Å². The van der Waals surface area contributed by atoms with Gasteiger partial charge in [0.25, 0.3) is 0 Å². The molecule has 0 atom stereocenters. The minimum atomic E-state index is -4.37. The first-order chi connectivity index (χ1) is 12.4. The monoisotopic (exact) mass is 374 g/mol. The van der Waals surface area contributed by atoms with Crippen LogP contribution in [-0.4, -0.2) is 9.66 Å². The molecule has 4 nitrogen and oxygen atoms in total. The van der Waals surface area contributed by atoms with Crippen molar-refractivity contribution < 1.29 is 13.2 Å². The first kappa shape index (κ1) is 17.8. The van der Waals surface area contributed by atoms with Crippen LogP contribution in [0.15, 0.2) is 60.9 Å². The number of nitrogens with one attached hydrogen (secondary N) is 1. The molecule has 0 bridgehead atoms. The van der Waals surface area contributed by atoms with Crippen molar-refractivity contribution in [2.24, 2.45) is 0 Å². The molecule has 132 valence electrons. The predicted octanol–water partition coefficient (Wildman–Crippen LogP) is 4.91. The predicted molar refractivity (Wildman–Crippen MR) is 93.8 cm³/mol. The Hall–Kier alpha value is -3.05. The third-order valence-corrected chi connectivity index (χ3v) is 4.10. The number of aromatic nitrogens is 2. The smallest absolute Gasteiger partial charge is 0.336 e. The quantitative estimate of drug-likeness (QED) is 0.661. The maximum absolute atomic E-state index is 12.7. The van der Waals surface area contributed by atoms with Crippen molar-refractivity contribution in [2.45, 2.75) is 12.7 Å². The van der Waals surface area contributed by atoms with Gasteiger partial charge >= 0.3 is 6.18 Å². The third-order valence-electron chi connectivity index (χ3n) is 3.80. The maximum atomic E-state index is 12.7. The highest BCUT2D eigenvalue weighted by molar-refractivity contribution is 7.71. The number of benzene rings is 2. The summed E-state index contributed by atoms with van der Waals surface area (Å²) >= 11 is 5.26. The Balaban J connectivity index is 1.95. The number of aromatic amines is 1. The summed E-state index contributed by atoms with van der Waals surface area (Å²) in [5, 5.41) is 10.7. The number of nitriles is 1. The fourth-order valence-corrected chi connectivity index (χ4v) is 2.70. The highest BCUT2D eigenvalue weighted by atomic mass is 32.1. The minimum absolute atomic E-state index is 0.302. The van der Waals surface area contributed by atoms with Gasteiger partial charge in [-0.3, -0.25) is 5.01 Å². The van der Waals surface area contributed by atoms with Crippen molar-refractivity contribution in [1.82, 2.24) is 9.66 Å². The highest BCUT2D eigenvalue weighted by Gasteiger charge is 2.30. The van der Waals surface area contributed by atoms with Gasteiger partial charge in [0, 0.05) is 12.4 Å². The molecule has 0 amide bonds. The number of alkyl halides is 3. The zero-order valence-electron chi connectivity index (χ0n) is 13.4. The molecular weight excluding hydrogens is 361 g/mol. The van der Waals surface area contributed by atoms with E-state index in [2.05, 4.69) is 11.1 Å². The summed E-state index contributed by atoms with van der Waals surface area (Å²) in [6, 6.07) is 13.9. The van der Waals surface area contributed by atoms with Gasteiger partial charge in [-0.25, -0.2) is 4.68 Å². The van der Waals surface area contributed by atoms with E-state index in [1.165, 1.54) is 12.1 Å². The van der Waals surface area contributed by atoms with Crippen LogP contribution in [0.5, 0.6) is 0 Å². The second kappa shape index (κ2) is 7.06. The van der Waals surface area contributed by atoms with E-state index in [9.17, 15) is 13.2 Å². The van der Waals surface area contributed by atoms with Gasteiger partial charge in [-0.1, -0.05) is 12.1 Å². The zero-order valence-corrected chi connectivity index (χ0v) is 14.2. The number of H-pyrrole nitrogens is 1. The van der Waals surface area contributed by atoms with Crippen LogP contribution >= 0.6 is 12.2 Å². The van der Waals surface area contributed by atoms with E-state index in [1.54, 1.807) is 41.3 Å². The Labute approximate surface area is 152 Å². The zero-order chi connectivity index (χ0) is 18.7. The lowest BCUT2D eigenvalue weighted by Gasteiger charge is -2.26. The molecule has 0 aliphatic rings. The van der Waals surface area contributed by atoms with E-state index in [-0.39, 0.29) is 0 Å². The average molecular weight is 374 g/mol. The van der Waals surface area contributed by atoms with Crippen LogP contribution in [-0.2, 0) is 12.7 Å². The van der Waals surface area contributed by atoms with Gasteiger partial charge in [0.05, 0.1) is 29.4 Å². The molecule has 1 heterocycles. The Morgan fingerprint density at radius 3 is 2.23 bits per heavy atom. The van der Waals surface area contributed by atoms with Crippen molar-refractivity contribution in [2.75, 3.05) is 5.01 Å². The molecule has 1 aromatic heterocycles. The molecule has 3 aromatic rings. The van der Waals surface area contributed by atoms with Crippen LogP contribution in [0.25, 0.3) is 0 Å². The Bertz CT molecular complexity index is 979. The molecular formula is C18H13F3N4S. The van der Waals surface area contributed by atoms with E-state index >= 15 is 0 Å². The van der Waals surface area contributed by atoms with Crippen molar-refractivity contribution >= 4 is 17.9 Å². The van der Waals surface area contributed by atoms with Crippen molar-refractivity contribution in [3.8, 4) is 6.07 Å². The number of hydrogen-bond acceptors (Lipinski definition) is 3. The van der Waals surface area contributed by atoms with Gasteiger partial charge in [-0.2, -0.15) is 18.4 Å². The lowest BCUT2D eigenvalue weighted by molar-refractivity contribution is -0.137. The number of imidazole rings is 1. The van der Waals surface area contributed by atoms with Crippen LogP contribution < -0.4 is 5.01 Å². The Morgan fingerprint density at radius 1 is 1.08 bits per heavy atom. The summed E-state index contributed by atoms with van der Waals surface area (Å²) < 4.78 is 40.3. The van der Waals surface area contributed by atoms with E-state index in [0.717, 1.165) is 17.8 Å². The first-order valence-corrected chi connectivity index (χ1v) is 7.99. The van der Waals surface area contributed by atoms with E-state index < -0.39 is 11.7 Å². The molecule has 8 heteroatoms.